The number of rotatable bonds is 2. The van der Waals surface area contributed by atoms with Gasteiger partial charge in [0.05, 0.1) is 17.7 Å². The minimum Gasteiger partial charge on any atom is -0.480 e. The second-order valence-electron chi connectivity index (χ2n) is 4.32. The molecule has 2 aromatic carbocycles. The van der Waals surface area contributed by atoms with Gasteiger partial charge in [0.15, 0.2) is 0 Å². The van der Waals surface area contributed by atoms with Crippen molar-refractivity contribution in [2.45, 2.75) is 13.0 Å². The standard InChI is InChI=1S/C14H12N2O2/c1-9(14(17)18)16-8-15-11-6-2-4-10-5-3-7-12(16)13(10)11/h2-9H,1H3,(H,17,18). The van der Waals surface area contributed by atoms with Crippen LogP contribution in [-0.2, 0) is 4.79 Å². The molecule has 2 aromatic rings. The summed E-state index contributed by atoms with van der Waals surface area (Å²) in [6.45, 7) is 1.65. The van der Waals surface area contributed by atoms with E-state index in [-0.39, 0.29) is 0 Å². The third-order valence-corrected chi connectivity index (χ3v) is 3.23. The number of benzene rings is 2. The van der Waals surface area contributed by atoms with Gasteiger partial charge in [0.1, 0.15) is 6.04 Å². The molecule has 90 valence electrons. The zero-order chi connectivity index (χ0) is 12.7. The largest absolute Gasteiger partial charge is 0.480 e. The van der Waals surface area contributed by atoms with Gasteiger partial charge in [-0.2, -0.15) is 0 Å². The number of carboxylic acid groups (broad SMARTS) is 1. The van der Waals surface area contributed by atoms with Crippen molar-refractivity contribution < 1.29 is 9.90 Å². The van der Waals surface area contributed by atoms with Gasteiger partial charge in [0.2, 0.25) is 0 Å². The Morgan fingerprint density at radius 3 is 2.72 bits per heavy atom. The van der Waals surface area contributed by atoms with Crippen molar-refractivity contribution in [1.82, 2.24) is 0 Å². The first-order valence-corrected chi connectivity index (χ1v) is 5.75. The number of aliphatic carboxylic acids is 1. The van der Waals surface area contributed by atoms with Crippen LogP contribution in [-0.4, -0.2) is 23.5 Å². The van der Waals surface area contributed by atoms with Crippen molar-refractivity contribution >= 4 is 34.5 Å². The molecule has 3 rings (SSSR count). The molecule has 1 atom stereocenters. The normalized spacial score (nSPS) is 14.8. The zero-order valence-corrected chi connectivity index (χ0v) is 9.87. The van der Waals surface area contributed by atoms with Gasteiger partial charge >= 0.3 is 5.97 Å². The number of nitrogens with zero attached hydrogens (tertiary/aromatic N) is 2. The summed E-state index contributed by atoms with van der Waals surface area (Å²) in [6, 6.07) is 11.1. The van der Waals surface area contributed by atoms with E-state index >= 15 is 0 Å². The molecular weight excluding hydrogens is 228 g/mol. The Morgan fingerprint density at radius 1 is 1.28 bits per heavy atom. The van der Waals surface area contributed by atoms with Crippen LogP contribution >= 0.6 is 0 Å². The number of anilines is 1. The molecule has 0 saturated carbocycles. The highest BCUT2D eigenvalue weighted by Crippen LogP contribution is 2.37. The molecule has 0 aromatic heterocycles. The zero-order valence-electron chi connectivity index (χ0n) is 9.87. The lowest BCUT2D eigenvalue weighted by Gasteiger charge is -2.28. The lowest BCUT2D eigenvalue weighted by atomic mass is 10.0. The first-order chi connectivity index (χ1) is 8.68. The van der Waals surface area contributed by atoms with E-state index in [0.29, 0.717) is 0 Å². The molecule has 0 radical (unpaired) electrons. The molecule has 1 aliphatic heterocycles. The van der Waals surface area contributed by atoms with Gasteiger partial charge in [0, 0.05) is 5.39 Å². The number of hydrogen-bond acceptors (Lipinski definition) is 3. The van der Waals surface area contributed by atoms with Gasteiger partial charge in [-0.05, 0) is 24.4 Å². The summed E-state index contributed by atoms with van der Waals surface area (Å²) < 4.78 is 0. The molecule has 0 amide bonds. The highest BCUT2D eigenvalue weighted by atomic mass is 16.4. The monoisotopic (exact) mass is 240 g/mol. The molecule has 0 saturated heterocycles. The Kier molecular flexibility index (Phi) is 2.30. The Labute approximate surface area is 104 Å². The van der Waals surface area contributed by atoms with Gasteiger partial charge in [-0.25, -0.2) is 9.79 Å². The Balaban J connectivity index is 2.25. The van der Waals surface area contributed by atoms with Crippen LogP contribution in [0.1, 0.15) is 6.92 Å². The van der Waals surface area contributed by atoms with Crippen LogP contribution in [0, 0.1) is 0 Å². The third kappa shape index (κ3) is 1.46. The van der Waals surface area contributed by atoms with Crippen LogP contribution in [0.4, 0.5) is 11.4 Å². The van der Waals surface area contributed by atoms with Crippen LogP contribution < -0.4 is 4.90 Å². The van der Waals surface area contributed by atoms with Gasteiger partial charge in [-0.1, -0.05) is 24.3 Å². The number of hydrogen-bond donors (Lipinski definition) is 1. The Morgan fingerprint density at radius 2 is 2.00 bits per heavy atom. The predicted octanol–water partition coefficient (Wildman–Crippen LogP) is 2.79. The molecule has 18 heavy (non-hydrogen) atoms. The fraction of sp³-hybridized carbons (Fsp3) is 0.143. The molecule has 0 spiro atoms. The lowest BCUT2D eigenvalue weighted by molar-refractivity contribution is -0.137. The van der Waals surface area contributed by atoms with Crippen molar-refractivity contribution in [2.24, 2.45) is 4.99 Å². The number of carbonyl (C=O) groups is 1. The Bertz CT molecular complexity index is 659. The van der Waals surface area contributed by atoms with Gasteiger partial charge < -0.3 is 10.0 Å². The fourth-order valence-corrected chi connectivity index (χ4v) is 2.24. The molecule has 0 fully saturated rings. The quantitative estimate of drug-likeness (QED) is 0.878. The summed E-state index contributed by atoms with van der Waals surface area (Å²) in [4.78, 5) is 17.2. The van der Waals surface area contributed by atoms with Gasteiger partial charge in [0.25, 0.3) is 0 Å². The summed E-state index contributed by atoms with van der Waals surface area (Å²) in [6.07, 6.45) is 1.59. The summed E-state index contributed by atoms with van der Waals surface area (Å²) in [7, 11) is 0. The molecule has 4 heteroatoms. The topological polar surface area (TPSA) is 52.9 Å². The van der Waals surface area contributed by atoms with E-state index in [1.165, 1.54) is 0 Å². The van der Waals surface area contributed by atoms with Crippen LogP contribution in [0.25, 0.3) is 10.8 Å². The predicted molar refractivity (Wildman–Crippen MR) is 71.7 cm³/mol. The highest BCUT2D eigenvalue weighted by Gasteiger charge is 2.24. The summed E-state index contributed by atoms with van der Waals surface area (Å²) >= 11 is 0. The summed E-state index contributed by atoms with van der Waals surface area (Å²) in [5, 5.41) is 11.2. The van der Waals surface area contributed by atoms with Crippen molar-refractivity contribution in [3.63, 3.8) is 0 Å². The van der Waals surface area contributed by atoms with Crippen molar-refractivity contribution in [3.8, 4) is 0 Å². The first-order valence-electron chi connectivity index (χ1n) is 5.75. The smallest absolute Gasteiger partial charge is 0.326 e. The Hall–Kier alpha value is -2.36. The molecule has 0 aliphatic carbocycles. The number of carboxylic acids is 1. The van der Waals surface area contributed by atoms with E-state index in [1.807, 2.05) is 36.4 Å². The van der Waals surface area contributed by atoms with Gasteiger partial charge in [-0.15, -0.1) is 0 Å². The van der Waals surface area contributed by atoms with Crippen molar-refractivity contribution in [3.05, 3.63) is 36.4 Å². The maximum absolute atomic E-state index is 11.1. The number of aliphatic imine (C=N–C) groups is 1. The molecule has 0 bridgehead atoms. The average Bonchev–Trinajstić information content (AvgIpc) is 2.39. The van der Waals surface area contributed by atoms with Crippen LogP contribution in [0.2, 0.25) is 0 Å². The van der Waals surface area contributed by atoms with E-state index in [1.54, 1.807) is 18.2 Å². The SMILES string of the molecule is CC(C(=O)O)N1C=Nc2cccc3cccc1c23. The average molecular weight is 240 g/mol. The van der Waals surface area contributed by atoms with Crippen LogP contribution in [0.3, 0.4) is 0 Å². The fourth-order valence-electron chi connectivity index (χ4n) is 2.24. The summed E-state index contributed by atoms with van der Waals surface area (Å²) in [5.41, 5.74) is 1.78. The maximum Gasteiger partial charge on any atom is 0.326 e. The molecule has 1 heterocycles. The summed E-state index contributed by atoms with van der Waals surface area (Å²) in [5.74, 6) is -0.863. The molecule has 1 unspecified atom stereocenters. The second-order valence-corrected chi connectivity index (χ2v) is 4.32. The third-order valence-electron chi connectivity index (χ3n) is 3.23. The van der Waals surface area contributed by atoms with E-state index in [0.717, 1.165) is 22.1 Å². The highest BCUT2D eigenvalue weighted by molar-refractivity contribution is 6.10. The minimum absolute atomic E-state index is 0.632. The van der Waals surface area contributed by atoms with E-state index in [4.69, 9.17) is 5.11 Å². The van der Waals surface area contributed by atoms with E-state index in [9.17, 15) is 4.79 Å². The van der Waals surface area contributed by atoms with E-state index < -0.39 is 12.0 Å². The minimum atomic E-state index is -0.863. The molecule has 1 aliphatic rings. The van der Waals surface area contributed by atoms with Gasteiger partial charge in [-0.3, -0.25) is 0 Å². The maximum atomic E-state index is 11.1. The molecular formula is C14H12N2O2. The van der Waals surface area contributed by atoms with Crippen LogP contribution in [0.5, 0.6) is 0 Å². The lowest BCUT2D eigenvalue weighted by Crippen LogP contribution is -2.38. The second kappa shape index (κ2) is 3.84. The molecule has 1 N–H and O–H groups in total. The first kappa shape index (κ1) is 10.8. The molecule has 4 nitrogen and oxygen atoms in total. The van der Waals surface area contributed by atoms with Crippen molar-refractivity contribution in [1.29, 1.82) is 0 Å². The van der Waals surface area contributed by atoms with Crippen molar-refractivity contribution in [2.75, 3.05) is 4.90 Å². The van der Waals surface area contributed by atoms with E-state index in [2.05, 4.69) is 4.99 Å². The van der Waals surface area contributed by atoms with Crippen LogP contribution in [0.15, 0.2) is 41.4 Å².